The Morgan fingerprint density at radius 2 is 2.15 bits per heavy atom. The third-order valence-corrected chi connectivity index (χ3v) is 3.37. The summed E-state index contributed by atoms with van der Waals surface area (Å²) in [7, 11) is 1.55. The Bertz CT molecular complexity index is 690. The third-order valence-electron chi connectivity index (χ3n) is 2.63. The van der Waals surface area contributed by atoms with Crippen LogP contribution in [-0.4, -0.2) is 34.2 Å². The molecule has 7 heteroatoms. The number of carbonyl (C=O) groups is 1. The summed E-state index contributed by atoms with van der Waals surface area (Å²) in [5, 5.41) is 13.6. The van der Waals surface area contributed by atoms with Crippen LogP contribution in [-0.2, 0) is 0 Å². The SMILES string of the molecule is CN(CC#N)C(=O)c1ccn(-c2ccc(Cl)c(Cl)c2)n1. The summed E-state index contributed by atoms with van der Waals surface area (Å²) in [5.41, 5.74) is 0.954. The maximum atomic E-state index is 12.0. The van der Waals surface area contributed by atoms with Crippen LogP contribution in [0.1, 0.15) is 10.5 Å². The standard InChI is InChI=1S/C13H10Cl2N4O/c1-18(7-5-16)13(20)12-4-6-19(17-12)9-2-3-10(14)11(15)8-9/h2-4,6,8H,7H2,1H3. The largest absolute Gasteiger partial charge is 0.327 e. The van der Waals surface area contributed by atoms with Gasteiger partial charge in [-0.05, 0) is 24.3 Å². The third kappa shape index (κ3) is 2.93. The van der Waals surface area contributed by atoms with Crippen molar-refractivity contribution in [2.75, 3.05) is 13.6 Å². The van der Waals surface area contributed by atoms with Crippen molar-refractivity contribution < 1.29 is 4.79 Å². The van der Waals surface area contributed by atoms with Gasteiger partial charge in [-0.15, -0.1) is 0 Å². The number of halogens is 2. The zero-order chi connectivity index (χ0) is 14.7. The minimum absolute atomic E-state index is 0.0124. The molecule has 0 fully saturated rings. The highest BCUT2D eigenvalue weighted by molar-refractivity contribution is 6.42. The first-order valence-corrected chi connectivity index (χ1v) is 6.42. The van der Waals surface area contributed by atoms with Gasteiger partial charge in [0.15, 0.2) is 5.69 Å². The Morgan fingerprint density at radius 3 is 2.80 bits per heavy atom. The van der Waals surface area contributed by atoms with Crippen molar-refractivity contribution in [3.8, 4) is 11.8 Å². The summed E-state index contributed by atoms with van der Waals surface area (Å²) in [5.74, 6) is -0.314. The molecule has 1 heterocycles. The van der Waals surface area contributed by atoms with Gasteiger partial charge in [0.2, 0.25) is 0 Å². The second-order valence-corrected chi connectivity index (χ2v) is 4.88. The van der Waals surface area contributed by atoms with Gasteiger partial charge in [-0.1, -0.05) is 23.2 Å². The van der Waals surface area contributed by atoms with Gasteiger partial charge in [0, 0.05) is 13.2 Å². The molecule has 1 amide bonds. The molecule has 0 saturated heterocycles. The molecular weight excluding hydrogens is 299 g/mol. The van der Waals surface area contributed by atoms with Gasteiger partial charge in [-0.25, -0.2) is 4.68 Å². The fourth-order valence-corrected chi connectivity index (χ4v) is 1.88. The van der Waals surface area contributed by atoms with Gasteiger partial charge in [0.25, 0.3) is 5.91 Å². The molecule has 5 nitrogen and oxygen atoms in total. The second kappa shape index (κ2) is 5.95. The van der Waals surface area contributed by atoms with Gasteiger partial charge in [-0.3, -0.25) is 4.79 Å². The molecule has 0 atom stereocenters. The van der Waals surface area contributed by atoms with Gasteiger partial charge in [-0.2, -0.15) is 10.4 Å². The minimum atomic E-state index is -0.314. The smallest absolute Gasteiger partial charge is 0.274 e. The first kappa shape index (κ1) is 14.4. The molecule has 102 valence electrons. The quantitative estimate of drug-likeness (QED) is 0.819. The number of rotatable bonds is 3. The first-order chi connectivity index (χ1) is 9.52. The van der Waals surface area contributed by atoms with E-state index in [1.54, 1.807) is 37.5 Å². The predicted molar refractivity (Wildman–Crippen MR) is 76.2 cm³/mol. The van der Waals surface area contributed by atoms with E-state index in [0.29, 0.717) is 15.7 Å². The second-order valence-electron chi connectivity index (χ2n) is 4.06. The molecule has 1 aromatic heterocycles. The van der Waals surface area contributed by atoms with Crippen molar-refractivity contribution in [1.29, 1.82) is 5.26 Å². The molecule has 0 radical (unpaired) electrons. The van der Waals surface area contributed by atoms with Crippen LogP contribution in [0.2, 0.25) is 10.0 Å². The molecule has 0 unspecified atom stereocenters. The molecule has 2 aromatic rings. The summed E-state index contributed by atoms with van der Waals surface area (Å²) in [6.07, 6.45) is 1.65. The zero-order valence-electron chi connectivity index (χ0n) is 10.5. The molecule has 2 rings (SSSR count). The number of carbonyl (C=O) groups excluding carboxylic acids is 1. The number of aromatic nitrogens is 2. The topological polar surface area (TPSA) is 61.9 Å². The highest BCUT2D eigenvalue weighted by Gasteiger charge is 2.14. The maximum absolute atomic E-state index is 12.0. The molecule has 0 aliphatic heterocycles. The van der Waals surface area contributed by atoms with E-state index in [4.69, 9.17) is 28.5 Å². The number of benzene rings is 1. The van der Waals surface area contributed by atoms with E-state index >= 15 is 0 Å². The number of nitrogens with zero attached hydrogens (tertiary/aromatic N) is 4. The molecule has 0 saturated carbocycles. The lowest BCUT2D eigenvalue weighted by atomic mass is 10.3. The lowest BCUT2D eigenvalue weighted by molar-refractivity contribution is 0.0806. The summed E-state index contributed by atoms with van der Waals surface area (Å²) in [6, 6.07) is 8.55. The summed E-state index contributed by atoms with van der Waals surface area (Å²) in [6.45, 7) is 0.0124. The summed E-state index contributed by atoms with van der Waals surface area (Å²) < 4.78 is 1.52. The van der Waals surface area contributed by atoms with Crippen LogP contribution in [0.4, 0.5) is 0 Å². The van der Waals surface area contributed by atoms with Crippen molar-refractivity contribution in [3.05, 3.63) is 46.2 Å². The predicted octanol–water partition coefficient (Wildman–Crippen LogP) is 2.77. The minimum Gasteiger partial charge on any atom is -0.327 e. The van der Waals surface area contributed by atoms with E-state index < -0.39 is 0 Å². The lowest BCUT2D eigenvalue weighted by Gasteiger charge is -2.10. The Labute approximate surface area is 125 Å². The Hall–Kier alpha value is -2.03. The van der Waals surface area contributed by atoms with E-state index in [2.05, 4.69) is 5.10 Å². The summed E-state index contributed by atoms with van der Waals surface area (Å²) in [4.78, 5) is 13.2. The number of amides is 1. The fourth-order valence-electron chi connectivity index (χ4n) is 1.58. The first-order valence-electron chi connectivity index (χ1n) is 5.66. The number of hydrogen-bond donors (Lipinski definition) is 0. The molecule has 20 heavy (non-hydrogen) atoms. The van der Waals surface area contributed by atoms with E-state index in [9.17, 15) is 4.79 Å². The van der Waals surface area contributed by atoms with E-state index in [1.165, 1.54) is 9.58 Å². The lowest BCUT2D eigenvalue weighted by Crippen LogP contribution is -2.27. The maximum Gasteiger partial charge on any atom is 0.274 e. The van der Waals surface area contributed by atoms with E-state index in [-0.39, 0.29) is 18.1 Å². The van der Waals surface area contributed by atoms with Gasteiger partial charge in [0.05, 0.1) is 21.8 Å². The molecule has 0 aliphatic carbocycles. The van der Waals surface area contributed by atoms with Crippen LogP contribution < -0.4 is 0 Å². The normalized spacial score (nSPS) is 10.1. The highest BCUT2D eigenvalue weighted by atomic mass is 35.5. The van der Waals surface area contributed by atoms with Crippen molar-refractivity contribution >= 4 is 29.1 Å². The van der Waals surface area contributed by atoms with Crippen LogP contribution in [0.5, 0.6) is 0 Å². The van der Waals surface area contributed by atoms with Crippen LogP contribution in [0, 0.1) is 11.3 Å². The average Bonchev–Trinajstić information content (AvgIpc) is 2.91. The molecule has 0 bridgehead atoms. The van der Waals surface area contributed by atoms with Gasteiger partial charge in [0.1, 0.15) is 6.54 Å². The van der Waals surface area contributed by atoms with E-state index in [1.807, 2.05) is 6.07 Å². The number of nitriles is 1. The van der Waals surface area contributed by atoms with Crippen LogP contribution in [0.3, 0.4) is 0 Å². The van der Waals surface area contributed by atoms with Gasteiger partial charge >= 0.3 is 0 Å². The van der Waals surface area contributed by atoms with Crippen molar-refractivity contribution in [2.45, 2.75) is 0 Å². The molecule has 0 N–H and O–H groups in total. The number of hydrogen-bond acceptors (Lipinski definition) is 3. The van der Waals surface area contributed by atoms with Crippen molar-refractivity contribution in [1.82, 2.24) is 14.7 Å². The molecule has 0 aliphatic rings. The Balaban J connectivity index is 2.27. The van der Waals surface area contributed by atoms with Crippen LogP contribution in [0.25, 0.3) is 5.69 Å². The monoisotopic (exact) mass is 308 g/mol. The highest BCUT2D eigenvalue weighted by Crippen LogP contribution is 2.24. The van der Waals surface area contributed by atoms with Crippen LogP contribution >= 0.6 is 23.2 Å². The zero-order valence-corrected chi connectivity index (χ0v) is 12.1. The van der Waals surface area contributed by atoms with E-state index in [0.717, 1.165) is 0 Å². The molecular formula is C13H10Cl2N4O. The van der Waals surface area contributed by atoms with Crippen molar-refractivity contribution in [2.24, 2.45) is 0 Å². The average molecular weight is 309 g/mol. The molecule has 1 aromatic carbocycles. The fraction of sp³-hybridized carbons (Fsp3) is 0.154. The van der Waals surface area contributed by atoms with Gasteiger partial charge < -0.3 is 4.90 Å². The Kier molecular flexibility index (Phi) is 4.28. The summed E-state index contributed by atoms with van der Waals surface area (Å²) >= 11 is 11.8. The van der Waals surface area contributed by atoms with Crippen LogP contribution in [0.15, 0.2) is 30.5 Å². The molecule has 0 spiro atoms. The Morgan fingerprint density at radius 1 is 1.40 bits per heavy atom. The van der Waals surface area contributed by atoms with Crippen molar-refractivity contribution in [3.63, 3.8) is 0 Å².